The second kappa shape index (κ2) is 8.00. The number of nitrogens with one attached hydrogen (secondary N) is 1. The predicted molar refractivity (Wildman–Crippen MR) is 91.3 cm³/mol. The van der Waals surface area contributed by atoms with E-state index in [0.29, 0.717) is 6.61 Å². The first kappa shape index (κ1) is 15.1. The summed E-state index contributed by atoms with van der Waals surface area (Å²) in [5.41, 5.74) is 2.79. The summed E-state index contributed by atoms with van der Waals surface area (Å²) < 4.78 is 5.80. The van der Waals surface area contributed by atoms with E-state index in [-0.39, 0.29) is 0 Å². The Kier molecular flexibility index (Phi) is 5.49. The van der Waals surface area contributed by atoms with Gasteiger partial charge in [0.2, 0.25) is 0 Å². The summed E-state index contributed by atoms with van der Waals surface area (Å²) in [4.78, 5) is 0. The molecule has 2 aromatic rings. The third kappa shape index (κ3) is 4.35. The Morgan fingerprint density at radius 3 is 2.36 bits per heavy atom. The van der Waals surface area contributed by atoms with Gasteiger partial charge in [0.1, 0.15) is 12.4 Å². The Bertz CT molecular complexity index is 544. The Labute approximate surface area is 133 Å². The van der Waals surface area contributed by atoms with Crippen LogP contribution in [0.1, 0.15) is 42.7 Å². The maximum absolute atomic E-state index is 5.80. The molecule has 3 rings (SSSR count). The van der Waals surface area contributed by atoms with E-state index < -0.39 is 0 Å². The summed E-state index contributed by atoms with van der Waals surface area (Å²) in [5.74, 6) is 1.75. The van der Waals surface area contributed by atoms with Gasteiger partial charge in [0.15, 0.2) is 0 Å². The highest BCUT2D eigenvalue weighted by molar-refractivity contribution is 5.29. The third-order valence-electron chi connectivity index (χ3n) is 4.43. The van der Waals surface area contributed by atoms with Crippen LogP contribution in [-0.2, 0) is 6.54 Å². The first-order valence-electron chi connectivity index (χ1n) is 8.39. The monoisotopic (exact) mass is 295 g/mol. The highest BCUT2D eigenvalue weighted by atomic mass is 16.5. The number of rotatable bonds is 7. The lowest BCUT2D eigenvalue weighted by Gasteiger charge is -2.11. The summed E-state index contributed by atoms with van der Waals surface area (Å²) >= 11 is 0. The van der Waals surface area contributed by atoms with Gasteiger partial charge in [-0.25, -0.2) is 0 Å². The van der Waals surface area contributed by atoms with Gasteiger partial charge in [-0.05, 0) is 42.0 Å². The zero-order valence-corrected chi connectivity index (χ0v) is 13.1. The normalized spacial score (nSPS) is 15.1. The van der Waals surface area contributed by atoms with Crippen molar-refractivity contribution < 1.29 is 4.74 Å². The van der Waals surface area contributed by atoms with Crippen molar-refractivity contribution in [2.75, 3.05) is 13.2 Å². The van der Waals surface area contributed by atoms with Crippen LogP contribution in [0.15, 0.2) is 54.6 Å². The molecule has 1 aliphatic rings. The van der Waals surface area contributed by atoms with E-state index in [1.54, 1.807) is 0 Å². The van der Waals surface area contributed by atoms with Gasteiger partial charge in [-0.1, -0.05) is 55.3 Å². The van der Waals surface area contributed by atoms with Crippen LogP contribution in [0.25, 0.3) is 0 Å². The topological polar surface area (TPSA) is 21.3 Å². The van der Waals surface area contributed by atoms with Crippen molar-refractivity contribution in [1.82, 2.24) is 5.32 Å². The van der Waals surface area contributed by atoms with Crippen molar-refractivity contribution in [3.05, 3.63) is 65.7 Å². The van der Waals surface area contributed by atoms with Gasteiger partial charge < -0.3 is 10.1 Å². The van der Waals surface area contributed by atoms with Crippen molar-refractivity contribution >= 4 is 0 Å². The lowest BCUT2D eigenvalue weighted by molar-refractivity contribution is 0.313. The third-order valence-corrected chi connectivity index (χ3v) is 4.43. The first-order valence-corrected chi connectivity index (χ1v) is 8.39. The Hall–Kier alpha value is -1.80. The van der Waals surface area contributed by atoms with Crippen LogP contribution in [0.5, 0.6) is 5.75 Å². The van der Waals surface area contributed by atoms with Gasteiger partial charge in [-0.15, -0.1) is 0 Å². The number of ether oxygens (including phenoxy) is 1. The summed E-state index contributed by atoms with van der Waals surface area (Å²) in [6, 6.07) is 19.2. The molecule has 0 heterocycles. The molecule has 1 aliphatic carbocycles. The van der Waals surface area contributed by atoms with Crippen LogP contribution < -0.4 is 10.1 Å². The summed E-state index contributed by atoms with van der Waals surface area (Å²) in [5, 5.41) is 3.40. The van der Waals surface area contributed by atoms with Crippen molar-refractivity contribution in [3.8, 4) is 5.75 Å². The van der Waals surface area contributed by atoms with Gasteiger partial charge in [0.25, 0.3) is 0 Å². The number of hydrogen-bond donors (Lipinski definition) is 1. The minimum absolute atomic E-state index is 0.704. The van der Waals surface area contributed by atoms with Crippen molar-refractivity contribution in [2.24, 2.45) is 0 Å². The van der Waals surface area contributed by atoms with Crippen molar-refractivity contribution in [2.45, 2.75) is 38.1 Å². The standard InChI is InChI=1S/C20H25NO/c1-2-6-17(7-3-1)16-21-14-15-22-20-12-10-19(11-13-20)18-8-4-5-9-18/h1-3,6-7,10-13,18,21H,4-5,8-9,14-16H2. The zero-order valence-electron chi connectivity index (χ0n) is 13.1. The van der Waals surface area contributed by atoms with Crippen molar-refractivity contribution in [1.29, 1.82) is 0 Å². The molecule has 0 spiro atoms. The van der Waals surface area contributed by atoms with Gasteiger partial charge in [-0.3, -0.25) is 0 Å². The van der Waals surface area contributed by atoms with Gasteiger partial charge in [0.05, 0.1) is 0 Å². The molecule has 0 amide bonds. The minimum Gasteiger partial charge on any atom is -0.492 e. The van der Waals surface area contributed by atoms with E-state index in [2.05, 4.69) is 53.8 Å². The molecule has 0 aromatic heterocycles. The molecule has 0 aliphatic heterocycles. The summed E-state index contributed by atoms with van der Waals surface area (Å²) in [6.45, 7) is 2.46. The van der Waals surface area contributed by atoms with Crippen LogP contribution in [0.3, 0.4) is 0 Å². The Morgan fingerprint density at radius 1 is 0.909 bits per heavy atom. The van der Waals surface area contributed by atoms with Crippen LogP contribution >= 0.6 is 0 Å². The highest BCUT2D eigenvalue weighted by Gasteiger charge is 2.16. The quantitative estimate of drug-likeness (QED) is 0.759. The number of hydrogen-bond acceptors (Lipinski definition) is 2. The maximum atomic E-state index is 5.80. The molecule has 0 saturated heterocycles. The van der Waals surface area contributed by atoms with E-state index in [4.69, 9.17) is 4.74 Å². The molecule has 1 saturated carbocycles. The zero-order chi connectivity index (χ0) is 15.0. The number of benzene rings is 2. The molecule has 2 heteroatoms. The van der Waals surface area contributed by atoms with Crippen LogP contribution in [0.4, 0.5) is 0 Å². The average molecular weight is 295 g/mol. The molecule has 0 bridgehead atoms. The fourth-order valence-electron chi connectivity index (χ4n) is 3.17. The van der Waals surface area contributed by atoms with E-state index in [0.717, 1.165) is 24.8 Å². The second-order valence-corrected chi connectivity index (χ2v) is 6.06. The predicted octanol–water partition coefficient (Wildman–Crippen LogP) is 4.51. The van der Waals surface area contributed by atoms with Gasteiger partial charge in [0, 0.05) is 13.1 Å². The van der Waals surface area contributed by atoms with Crippen LogP contribution in [0, 0.1) is 0 Å². The average Bonchev–Trinajstić information content (AvgIpc) is 3.11. The molecule has 1 fully saturated rings. The van der Waals surface area contributed by atoms with Gasteiger partial charge >= 0.3 is 0 Å². The maximum Gasteiger partial charge on any atom is 0.119 e. The largest absolute Gasteiger partial charge is 0.492 e. The fraction of sp³-hybridized carbons (Fsp3) is 0.400. The Morgan fingerprint density at radius 2 is 1.64 bits per heavy atom. The smallest absolute Gasteiger partial charge is 0.119 e. The molecule has 116 valence electrons. The van der Waals surface area contributed by atoms with E-state index >= 15 is 0 Å². The van der Waals surface area contributed by atoms with Crippen LogP contribution in [0.2, 0.25) is 0 Å². The van der Waals surface area contributed by atoms with Crippen LogP contribution in [-0.4, -0.2) is 13.2 Å². The van der Waals surface area contributed by atoms with E-state index in [9.17, 15) is 0 Å². The van der Waals surface area contributed by atoms with Crippen molar-refractivity contribution in [3.63, 3.8) is 0 Å². The molecular formula is C20H25NO. The molecule has 0 atom stereocenters. The van der Waals surface area contributed by atoms with Gasteiger partial charge in [-0.2, -0.15) is 0 Å². The molecule has 0 unspecified atom stereocenters. The fourth-order valence-corrected chi connectivity index (χ4v) is 3.17. The molecule has 0 radical (unpaired) electrons. The molecule has 2 aromatic carbocycles. The Balaban J connectivity index is 1.36. The summed E-state index contributed by atoms with van der Waals surface area (Å²) in [7, 11) is 0. The summed E-state index contributed by atoms with van der Waals surface area (Å²) in [6.07, 6.45) is 5.47. The molecule has 22 heavy (non-hydrogen) atoms. The first-order chi connectivity index (χ1) is 10.9. The lowest BCUT2D eigenvalue weighted by atomic mass is 9.98. The molecule has 1 N–H and O–H groups in total. The SMILES string of the molecule is c1ccc(CNCCOc2ccc(C3CCCC3)cc2)cc1. The molecule has 2 nitrogen and oxygen atoms in total. The molecular weight excluding hydrogens is 270 g/mol. The lowest BCUT2D eigenvalue weighted by Crippen LogP contribution is -2.20. The van der Waals surface area contributed by atoms with E-state index in [1.807, 2.05) is 6.07 Å². The van der Waals surface area contributed by atoms with E-state index in [1.165, 1.54) is 36.8 Å². The highest BCUT2D eigenvalue weighted by Crippen LogP contribution is 2.34. The minimum atomic E-state index is 0.704. The second-order valence-electron chi connectivity index (χ2n) is 6.06.